The van der Waals surface area contributed by atoms with Gasteiger partial charge in [0.05, 0.1) is 11.9 Å². The predicted molar refractivity (Wildman–Crippen MR) is 80.7 cm³/mol. The molecular weight excluding hydrogens is 278 g/mol. The topological polar surface area (TPSA) is 68.0 Å². The molecule has 2 aromatic rings. The highest BCUT2D eigenvalue weighted by molar-refractivity contribution is 5.77. The Bertz CT molecular complexity index is 720. The van der Waals surface area contributed by atoms with Gasteiger partial charge in [0.2, 0.25) is 0 Å². The summed E-state index contributed by atoms with van der Waals surface area (Å²) in [6, 6.07) is 8.12. The van der Waals surface area contributed by atoms with Crippen LogP contribution in [0.15, 0.2) is 30.5 Å². The molecule has 5 heteroatoms. The average Bonchev–Trinajstić information content (AvgIpc) is 3.28. The Morgan fingerprint density at radius 2 is 2.05 bits per heavy atom. The van der Waals surface area contributed by atoms with Crippen LogP contribution < -0.4 is 0 Å². The number of carboxylic acids is 1. The molecule has 1 saturated carbocycles. The van der Waals surface area contributed by atoms with Gasteiger partial charge in [-0.25, -0.2) is 4.79 Å². The number of carbonyl (C=O) groups is 1. The van der Waals surface area contributed by atoms with Gasteiger partial charge in [0.25, 0.3) is 0 Å². The quantitative estimate of drug-likeness (QED) is 0.884. The molecule has 1 heterocycles. The second-order valence-corrected chi connectivity index (χ2v) is 6.47. The SMILES string of the molecule is O=C(O)C1(n2ncc(C3CC3)n2)CCCc2ccccc2C1. The molecule has 0 spiro atoms. The molecule has 0 radical (unpaired) electrons. The fourth-order valence-electron chi connectivity index (χ4n) is 3.43. The largest absolute Gasteiger partial charge is 0.479 e. The molecule has 1 atom stereocenters. The van der Waals surface area contributed by atoms with Crippen LogP contribution in [0.3, 0.4) is 0 Å². The Hall–Kier alpha value is -2.17. The van der Waals surface area contributed by atoms with Crippen molar-refractivity contribution in [1.82, 2.24) is 15.0 Å². The minimum absolute atomic E-state index is 0.456. The van der Waals surface area contributed by atoms with Crippen molar-refractivity contribution in [2.45, 2.75) is 50.0 Å². The molecule has 1 fully saturated rings. The van der Waals surface area contributed by atoms with E-state index in [4.69, 9.17) is 0 Å². The first-order chi connectivity index (χ1) is 10.7. The molecule has 114 valence electrons. The third-order valence-electron chi connectivity index (χ3n) is 4.92. The van der Waals surface area contributed by atoms with Crippen LogP contribution in [0.4, 0.5) is 0 Å². The summed E-state index contributed by atoms with van der Waals surface area (Å²) in [4.78, 5) is 13.6. The van der Waals surface area contributed by atoms with Gasteiger partial charge in [-0.05, 0) is 43.2 Å². The Balaban J connectivity index is 1.77. The van der Waals surface area contributed by atoms with Crippen LogP contribution in [-0.4, -0.2) is 26.1 Å². The van der Waals surface area contributed by atoms with Gasteiger partial charge in [-0.1, -0.05) is 24.3 Å². The van der Waals surface area contributed by atoms with E-state index in [1.165, 1.54) is 10.4 Å². The zero-order chi connectivity index (χ0) is 15.2. The van der Waals surface area contributed by atoms with Gasteiger partial charge >= 0.3 is 5.97 Å². The number of nitrogens with zero attached hydrogens (tertiary/aromatic N) is 3. The third-order valence-corrected chi connectivity index (χ3v) is 4.92. The standard InChI is InChI=1S/C17H19N3O2/c21-16(22)17(20-18-11-15(19-20)13-7-8-13)9-3-6-12-4-1-2-5-14(12)10-17/h1-2,4-5,11,13H,3,6-10H2,(H,21,22). The molecule has 0 saturated heterocycles. The van der Waals surface area contributed by atoms with E-state index in [9.17, 15) is 9.90 Å². The monoisotopic (exact) mass is 297 g/mol. The lowest BCUT2D eigenvalue weighted by Gasteiger charge is -2.27. The average molecular weight is 297 g/mol. The maximum Gasteiger partial charge on any atom is 0.333 e. The van der Waals surface area contributed by atoms with E-state index in [0.717, 1.165) is 36.9 Å². The molecule has 2 aliphatic carbocycles. The summed E-state index contributed by atoms with van der Waals surface area (Å²) in [5.41, 5.74) is 2.24. The van der Waals surface area contributed by atoms with Crippen LogP contribution in [0.1, 0.15) is 48.4 Å². The van der Waals surface area contributed by atoms with Gasteiger partial charge in [-0.2, -0.15) is 15.0 Å². The molecule has 4 rings (SSSR count). The lowest BCUT2D eigenvalue weighted by atomic mass is 9.89. The smallest absolute Gasteiger partial charge is 0.333 e. The number of benzene rings is 1. The van der Waals surface area contributed by atoms with Gasteiger partial charge in [-0.15, -0.1) is 0 Å². The molecular formula is C17H19N3O2. The van der Waals surface area contributed by atoms with E-state index >= 15 is 0 Å². The number of hydrogen-bond donors (Lipinski definition) is 1. The third kappa shape index (κ3) is 2.12. The summed E-state index contributed by atoms with van der Waals surface area (Å²) in [7, 11) is 0. The van der Waals surface area contributed by atoms with Crippen LogP contribution in [0, 0.1) is 0 Å². The van der Waals surface area contributed by atoms with E-state index in [1.54, 1.807) is 6.20 Å². The van der Waals surface area contributed by atoms with E-state index in [-0.39, 0.29) is 0 Å². The molecule has 0 amide bonds. The molecule has 1 N–H and O–H groups in total. The second-order valence-electron chi connectivity index (χ2n) is 6.47. The molecule has 1 unspecified atom stereocenters. The number of hydrogen-bond acceptors (Lipinski definition) is 3. The lowest BCUT2D eigenvalue weighted by molar-refractivity contribution is -0.149. The van der Waals surface area contributed by atoms with Gasteiger partial charge in [0, 0.05) is 12.3 Å². The Morgan fingerprint density at radius 3 is 2.77 bits per heavy atom. The van der Waals surface area contributed by atoms with Crippen LogP contribution in [-0.2, 0) is 23.2 Å². The van der Waals surface area contributed by atoms with Crippen molar-refractivity contribution >= 4 is 5.97 Å². The first-order valence-corrected chi connectivity index (χ1v) is 7.92. The van der Waals surface area contributed by atoms with Gasteiger partial charge < -0.3 is 5.11 Å². The van der Waals surface area contributed by atoms with Crippen molar-refractivity contribution in [2.24, 2.45) is 0 Å². The van der Waals surface area contributed by atoms with Crippen molar-refractivity contribution < 1.29 is 9.90 Å². The van der Waals surface area contributed by atoms with Crippen LogP contribution in [0.2, 0.25) is 0 Å². The van der Waals surface area contributed by atoms with Crippen molar-refractivity contribution in [2.75, 3.05) is 0 Å². The highest BCUT2D eigenvalue weighted by atomic mass is 16.4. The van der Waals surface area contributed by atoms with Crippen LogP contribution in [0.5, 0.6) is 0 Å². The maximum absolute atomic E-state index is 12.1. The van der Waals surface area contributed by atoms with Gasteiger partial charge in [0.15, 0.2) is 5.54 Å². The number of aliphatic carboxylic acids is 1. The zero-order valence-electron chi connectivity index (χ0n) is 12.4. The Kier molecular flexibility index (Phi) is 3.03. The highest BCUT2D eigenvalue weighted by Crippen LogP contribution is 2.40. The van der Waals surface area contributed by atoms with Crippen LogP contribution in [0.25, 0.3) is 0 Å². The molecule has 22 heavy (non-hydrogen) atoms. The van der Waals surface area contributed by atoms with E-state index in [0.29, 0.717) is 18.8 Å². The first-order valence-electron chi connectivity index (χ1n) is 7.92. The van der Waals surface area contributed by atoms with Crippen molar-refractivity contribution in [3.63, 3.8) is 0 Å². The summed E-state index contributed by atoms with van der Waals surface area (Å²) >= 11 is 0. The molecule has 1 aromatic heterocycles. The summed E-state index contributed by atoms with van der Waals surface area (Å²) in [5, 5.41) is 18.8. The molecule has 0 bridgehead atoms. The number of carboxylic acid groups (broad SMARTS) is 1. The number of aryl methyl sites for hydroxylation is 1. The van der Waals surface area contributed by atoms with Crippen molar-refractivity contribution in [3.05, 3.63) is 47.3 Å². The Morgan fingerprint density at radius 1 is 1.27 bits per heavy atom. The second kappa shape index (κ2) is 4.93. The molecule has 5 nitrogen and oxygen atoms in total. The first kappa shape index (κ1) is 13.5. The van der Waals surface area contributed by atoms with E-state index in [1.807, 2.05) is 18.2 Å². The summed E-state index contributed by atoms with van der Waals surface area (Å²) in [6.07, 6.45) is 6.81. The molecule has 2 aliphatic rings. The number of aromatic nitrogens is 3. The minimum Gasteiger partial charge on any atom is -0.479 e. The van der Waals surface area contributed by atoms with Crippen molar-refractivity contribution in [1.29, 1.82) is 0 Å². The van der Waals surface area contributed by atoms with E-state index < -0.39 is 11.5 Å². The van der Waals surface area contributed by atoms with Crippen molar-refractivity contribution in [3.8, 4) is 0 Å². The maximum atomic E-state index is 12.1. The van der Waals surface area contributed by atoms with Gasteiger partial charge in [0.1, 0.15) is 0 Å². The normalized spacial score (nSPS) is 24.5. The van der Waals surface area contributed by atoms with Gasteiger partial charge in [-0.3, -0.25) is 0 Å². The lowest BCUT2D eigenvalue weighted by Crippen LogP contribution is -2.45. The Labute approximate surface area is 129 Å². The molecule has 0 aliphatic heterocycles. The van der Waals surface area contributed by atoms with E-state index in [2.05, 4.69) is 16.3 Å². The van der Waals surface area contributed by atoms with Crippen LogP contribution >= 0.6 is 0 Å². The fraction of sp³-hybridized carbons (Fsp3) is 0.471. The minimum atomic E-state index is -1.06. The predicted octanol–water partition coefficient (Wildman–Crippen LogP) is 2.51. The fourth-order valence-corrected chi connectivity index (χ4v) is 3.43. The summed E-state index contributed by atoms with van der Waals surface area (Å²) in [5.74, 6) is -0.347. The number of rotatable bonds is 3. The molecule has 1 aromatic carbocycles. The number of fused-ring (bicyclic) bond motifs is 1. The summed E-state index contributed by atoms with van der Waals surface area (Å²) in [6.45, 7) is 0. The highest BCUT2D eigenvalue weighted by Gasteiger charge is 2.44. The zero-order valence-corrected chi connectivity index (χ0v) is 12.4. The summed E-state index contributed by atoms with van der Waals surface area (Å²) < 4.78 is 0.